The maximum Gasteiger partial charge on any atom is 0.387 e. The topological polar surface area (TPSA) is 48.8 Å². The Morgan fingerprint density at radius 3 is 1.96 bits per heavy atom. The summed E-state index contributed by atoms with van der Waals surface area (Å²) >= 11 is 0. The molecule has 5 aromatic rings. The number of benzene rings is 4. The molecule has 246 valence electrons. The van der Waals surface area contributed by atoms with Crippen LogP contribution in [-0.4, -0.2) is 34.3 Å². The fourth-order valence-corrected chi connectivity index (χ4v) is 5.70. The van der Waals surface area contributed by atoms with Crippen LogP contribution in [-0.2, 0) is 26.2 Å². The second-order valence-electron chi connectivity index (χ2n) is 11.3. The van der Waals surface area contributed by atoms with Gasteiger partial charge in [-0.3, -0.25) is 4.90 Å². The van der Waals surface area contributed by atoms with Crippen LogP contribution in [0.25, 0.3) is 22.6 Å². The zero-order valence-corrected chi connectivity index (χ0v) is 27.4. The highest BCUT2D eigenvalue weighted by molar-refractivity contribution is 5.68. The van der Waals surface area contributed by atoms with Crippen molar-refractivity contribution in [2.24, 2.45) is 0 Å². The van der Waals surface area contributed by atoms with Gasteiger partial charge in [-0.25, -0.2) is 4.98 Å². The van der Waals surface area contributed by atoms with Crippen molar-refractivity contribution in [2.45, 2.75) is 66.4 Å². The van der Waals surface area contributed by atoms with E-state index in [4.69, 9.17) is 14.5 Å². The number of hydrogen-bond acceptors (Lipinski definition) is 5. The molecule has 1 aromatic heterocycles. The summed E-state index contributed by atoms with van der Waals surface area (Å²) in [4.78, 5) is 7.65. The lowest BCUT2D eigenvalue weighted by Crippen LogP contribution is -2.24. The van der Waals surface area contributed by atoms with Gasteiger partial charge >= 0.3 is 6.61 Å². The Balaban J connectivity index is 1.58. The van der Waals surface area contributed by atoms with Crippen molar-refractivity contribution in [3.8, 4) is 39.9 Å². The molecule has 0 radical (unpaired) electrons. The first-order valence-corrected chi connectivity index (χ1v) is 16.3. The number of imidazole rings is 1. The first kappa shape index (κ1) is 33.7. The summed E-state index contributed by atoms with van der Waals surface area (Å²) in [5, 5.41) is 0. The zero-order chi connectivity index (χ0) is 33.0. The average molecular weight is 640 g/mol. The van der Waals surface area contributed by atoms with E-state index in [-0.39, 0.29) is 5.75 Å². The van der Waals surface area contributed by atoms with Crippen LogP contribution >= 0.6 is 0 Å². The number of nitrogens with zero attached hydrogens (tertiary/aromatic N) is 3. The van der Waals surface area contributed by atoms with Crippen molar-refractivity contribution in [2.75, 3.05) is 13.2 Å². The monoisotopic (exact) mass is 639 g/mol. The Kier molecular flexibility index (Phi) is 12.0. The Morgan fingerprint density at radius 2 is 1.32 bits per heavy atom. The Labute approximate surface area is 276 Å². The molecule has 0 bridgehead atoms. The molecule has 0 N–H and O–H groups in total. The van der Waals surface area contributed by atoms with Crippen molar-refractivity contribution < 1.29 is 23.0 Å². The predicted octanol–water partition coefficient (Wildman–Crippen LogP) is 9.62. The molecule has 0 spiro atoms. The van der Waals surface area contributed by atoms with E-state index >= 15 is 0 Å². The van der Waals surface area contributed by atoms with Crippen molar-refractivity contribution in [3.63, 3.8) is 0 Å². The summed E-state index contributed by atoms with van der Waals surface area (Å²) in [5.74, 6) is 2.51. The molecule has 0 saturated heterocycles. The van der Waals surface area contributed by atoms with Gasteiger partial charge in [0.1, 0.15) is 11.6 Å². The van der Waals surface area contributed by atoms with Gasteiger partial charge in [0.15, 0.2) is 11.5 Å². The second kappa shape index (κ2) is 16.7. The second-order valence-corrected chi connectivity index (χ2v) is 11.3. The normalized spacial score (nSPS) is 11.3. The maximum atomic E-state index is 12.9. The number of ether oxygens (including phenoxy) is 3. The fraction of sp³-hybridized carbons (Fsp3) is 0.308. The number of unbranched alkanes of at least 4 members (excludes halogenated alkanes) is 1. The van der Waals surface area contributed by atoms with Gasteiger partial charge in [0.2, 0.25) is 0 Å². The van der Waals surface area contributed by atoms with Crippen LogP contribution in [0.15, 0.2) is 103 Å². The highest BCUT2D eigenvalue weighted by Gasteiger charge is 2.22. The number of aromatic nitrogens is 2. The maximum absolute atomic E-state index is 12.9. The molecular weight excluding hydrogens is 596 g/mol. The fourth-order valence-electron chi connectivity index (χ4n) is 5.70. The number of alkyl halides is 2. The summed E-state index contributed by atoms with van der Waals surface area (Å²) in [6.07, 6.45) is 2.06. The molecule has 0 fully saturated rings. The number of hydrogen-bond donors (Lipinski definition) is 0. The van der Waals surface area contributed by atoms with Crippen LogP contribution in [0.4, 0.5) is 8.78 Å². The summed E-state index contributed by atoms with van der Waals surface area (Å²) in [6.45, 7) is 6.94. The molecule has 0 aliphatic heterocycles. The quantitative estimate of drug-likeness (QED) is 0.101. The van der Waals surface area contributed by atoms with Crippen LogP contribution in [0.3, 0.4) is 0 Å². The van der Waals surface area contributed by atoms with Crippen LogP contribution in [0, 0.1) is 0 Å². The van der Waals surface area contributed by atoms with Gasteiger partial charge < -0.3 is 18.8 Å². The third kappa shape index (κ3) is 8.98. The molecule has 0 atom stereocenters. The average Bonchev–Trinajstić information content (AvgIpc) is 3.44. The van der Waals surface area contributed by atoms with E-state index in [1.807, 2.05) is 74.5 Å². The molecule has 4 aromatic carbocycles. The highest BCUT2D eigenvalue weighted by Crippen LogP contribution is 2.33. The van der Waals surface area contributed by atoms with Gasteiger partial charge in [-0.05, 0) is 55.7 Å². The molecule has 0 aliphatic carbocycles. The molecule has 0 aliphatic rings. The van der Waals surface area contributed by atoms with Gasteiger partial charge in [0.25, 0.3) is 0 Å². The van der Waals surface area contributed by atoms with Gasteiger partial charge in [-0.15, -0.1) is 0 Å². The molecule has 0 unspecified atom stereocenters. The van der Waals surface area contributed by atoms with E-state index in [1.54, 1.807) is 12.1 Å². The SMILES string of the molecule is CCCCn1c(-c2ccccc2)nc(-c2ccccc2)c1CN(Cc1ccc(OC(F)F)cc1)Cc1ccc(OCC)c(OCC)c1. The first-order chi connectivity index (χ1) is 23.0. The molecular formula is C39H43F2N3O3. The summed E-state index contributed by atoms with van der Waals surface area (Å²) < 4.78 is 44.5. The van der Waals surface area contributed by atoms with E-state index in [1.165, 1.54) is 0 Å². The molecule has 5 rings (SSSR count). The van der Waals surface area contributed by atoms with Gasteiger partial charge in [0, 0.05) is 37.3 Å². The lowest BCUT2D eigenvalue weighted by molar-refractivity contribution is -0.0498. The molecule has 1 heterocycles. The van der Waals surface area contributed by atoms with E-state index < -0.39 is 6.61 Å². The minimum absolute atomic E-state index is 0.139. The van der Waals surface area contributed by atoms with Crippen molar-refractivity contribution in [1.29, 1.82) is 0 Å². The smallest absolute Gasteiger partial charge is 0.387 e. The first-order valence-electron chi connectivity index (χ1n) is 16.3. The van der Waals surface area contributed by atoms with E-state index in [2.05, 4.69) is 51.5 Å². The van der Waals surface area contributed by atoms with E-state index in [9.17, 15) is 8.78 Å². The van der Waals surface area contributed by atoms with Crippen molar-refractivity contribution in [3.05, 3.63) is 120 Å². The van der Waals surface area contributed by atoms with E-state index in [0.717, 1.165) is 64.6 Å². The minimum atomic E-state index is -2.87. The highest BCUT2D eigenvalue weighted by atomic mass is 19.3. The van der Waals surface area contributed by atoms with Crippen molar-refractivity contribution >= 4 is 0 Å². The van der Waals surface area contributed by atoms with Crippen LogP contribution in [0.2, 0.25) is 0 Å². The molecule has 8 heteroatoms. The van der Waals surface area contributed by atoms with Crippen LogP contribution in [0.1, 0.15) is 50.4 Å². The minimum Gasteiger partial charge on any atom is -0.490 e. The zero-order valence-electron chi connectivity index (χ0n) is 27.4. The van der Waals surface area contributed by atoms with Crippen LogP contribution < -0.4 is 14.2 Å². The van der Waals surface area contributed by atoms with Gasteiger partial charge in [0.05, 0.1) is 24.6 Å². The third-order valence-electron chi connectivity index (χ3n) is 7.83. The number of halogens is 2. The van der Waals surface area contributed by atoms with E-state index in [0.29, 0.717) is 38.6 Å². The largest absolute Gasteiger partial charge is 0.490 e. The third-order valence-corrected chi connectivity index (χ3v) is 7.83. The van der Waals surface area contributed by atoms with Gasteiger partial charge in [-0.2, -0.15) is 8.78 Å². The Morgan fingerprint density at radius 1 is 0.702 bits per heavy atom. The molecule has 6 nitrogen and oxygen atoms in total. The molecule has 0 saturated carbocycles. The standard InChI is InChI=1S/C39H43F2N3O3/c1-4-7-24-44-34(37(31-14-10-8-11-15-31)42-38(44)32-16-12-9-13-17-32)28-43(26-29-18-21-33(22-19-29)47-39(40)41)27-30-20-23-35(45-5-2)36(25-30)46-6-3/h8-23,25,39H,4-7,24,26-28H2,1-3H3. The Hall–Kier alpha value is -4.69. The van der Waals surface area contributed by atoms with Crippen molar-refractivity contribution in [1.82, 2.24) is 14.5 Å². The Bertz CT molecular complexity index is 1680. The molecule has 47 heavy (non-hydrogen) atoms. The lowest BCUT2D eigenvalue weighted by Gasteiger charge is -2.25. The number of rotatable bonds is 17. The lowest BCUT2D eigenvalue weighted by atomic mass is 10.1. The van der Waals surface area contributed by atoms with Gasteiger partial charge in [-0.1, -0.05) is 92.2 Å². The predicted molar refractivity (Wildman–Crippen MR) is 183 cm³/mol. The summed E-state index contributed by atoms with van der Waals surface area (Å²) in [5.41, 5.74) is 6.25. The summed E-state index contributed by atoms with van der Waals surface area (Å²) in [6, 6.07) is 33.6. The molecule has 0 amide bonds. The summed E-state index contributed by atoms with van der Waals surface area (Å²) in [7, 11) is 0. The van der Waals surface area contributed by atoms with Crippen LogP contribution in [0.5, 0.6) is 17.2 Å².